The predicted molar refractivity (Wildman–Crippen MR) is 85.2 cm³/mol. The Labute approximate surface area is 123 Å². The van der Waals surface area contributed by atoms with Crippen LogP contribution in [0.1, 0.15) is 50.3 Å². The van der Waals surface area contributed by atoms with E-state index in [0.29, 0.717) is 0 Å². The molecule has 1 aromatic heterocycles. The average Bonchev–Trinajstić information content (AvgIpc) is 2.98. The summed E-state index contributed by atoms with van der Waals surface area (Å²) in [6, 6.07) is 0. The molecule has 1 fully saturated rings. The van der Waals surface area contributed by atoms with Crippen LogP contribution in [0.2, 0.25) is 0 Å². The maximum absolute atomic E-state index is 4.62. The van der Waals surface area contributed by atoms with E-state index in [1.165, 1.54) is 50.0 Å². The van der Waals surface area contributed by atoms with Gasteiger partial charge in [0.25, 0.3) is 0 Å². The molecule has 1 saturated carbocycles. The number of nitrogens with zero attached hydrogens (tertiary/aromatic N) is 3. The summed E-state index contributed by atoms with van der Waals surface area (Å²) in [7, 11) is 4.29. The van der Waals surface area contributed by atoms with Gasteiger partial charge in [0, 0.05) is 32.7 Å². The van der Waals surface area contributed by atoms with Gasteiger partial charge in [-0.25, -0.2) is 0 Å². The molecule has 0 aromatic carbocycles. The zero-order chi connectivity index (χ0) is 14.5. The molecule has 1 aromatic rings. The van der Waals surface area contributed by atoms with E-state index in [-0.39, 0.29) is 0 Å². The standard InChI is InChI=1S/C16H30N4/c1-5-10-17-11-15-13(2)18-20(4)16(15)19(3)12-14-8-6-7-9-14/h14,17H,5-12H2,1-4H3. The normalized spacial score (nSPS) is 16.0. The molecule has 1 heterocycles. The van der Waals surface area contributed by atoms with Crippen molar-refractivity contribution >= 4 is 5.82 Å². The number of rotatable bonds is 7. The molecule has 1 aliphatic rings. The SMILES string of the molecule is CCCNCc1c(C)nn(C)c1N(C)CC1CCCC1. The van der Waals surface area contributed by atoms with Gasteiger partial charge in [-0.3, -0.25) is 4.68 Å². The van der Waals surface area contributed by atoms with Gasteiger partial charge in [-0.1, -0.05) is 19.8 Å². The fourth-order valence-corrected chi connectivity index (χ4v) is 3.43. The molecule has 0 saturated heterocycles. The monoisotopic (exact) mass is 278 g/mol. The Morgan fingerprint density at radius 3 is 2.70 bits per heavy atom. The van der Waals surface area contributed by atoms with Crippen LogP contribution >= 0.6 is 0 Å². The van der Waals surface area contributed by atoms with Gasteiger partial charge in [0.15, 0.2) is 0 Å². The quantitative estimate of drug-likeness (QED) is 0.779. The van der Waals surface area contributed by atoms with Gasteiger partial charge >= 0.3 is 0 Å². The topological polar surface area (TPSA) is 33.1 Å². The summed E-state index contributed by atoms with van der Waals surface area (Å²) < 4.78 is 2.05. The third kappa shape index (κ3) is 3.54. The third-order valence-corrected chi connectivity index (χ3v) is 4.41. The van der Waals surface area contributed by atoms with Crippen molar-refractivity contribution in [3.63, 3.8) is 0 Å². The van der Waals surface area contributed by atoms with E-state index in [2.05, 4.69) is 43.3 Å². The minimum Gasteiger partial charge on any atom is -0.359 e. The Balaban J connectivity index is 2.07. The first kappa shape index (κ1) is 15.4. The van der Waals surface area contributed by atoms with Crippen LogP contribution in [0.4, 0.5) is 5.82 Å². The first-order chi connectivity index (χ1) is 9.63. The van der Waals surface area contributed by atoms with E-state index in [0.717, 1.165) is 24.7 Å². The maximum atomic E-state index is 4.62. The highest BCUT2D eigenvalue weighted by Gasteiger charge is 2.21. The average molecular weight is 278 g/mol. The molecule has 4 nitrogen and oxygen atoms in total. The molecule has 0 amide bonds. The molecule has 0 bridgehead atoms. The summed E-state index contributed by atoms with van der Waals surface area (Å²) >= 11 is 0. The molecule has 20 heavy (non-hydrogen) atoms. The fourth-order valence-electron chi connectivity index (χ4n) is 3.43. The first-order valence-corrected chi connectivity index (χ1v) is 8.07. The molecule has 4 heteroatoms. The van der Waals surface area contributed by atoms with E-state index in [9.17, 15) is 0 Å². The zero-order valence-electron chi connectivity index (χ0n) is 13.6. The highest BCUT2D eigenvalue weighted by Crippen LogP contribution is 2.28. The predicted octanol–water partition coefficient (Wildman–Crippen LogP) is 2.85. The summed E-state index contributed by atoms with van der Waals surface area (Å²) in [6.07, 6.45) is 6.78. The van der Waals surface area contributed by atoms with Crippen LogP contribution in [0.15, 0.2) is 0 Å². The summed E-state index contributed by atoms with van der Waals surface area (Å²) in [5.41, 5.74) is 2.52. The largest absolute Gasteiger partial charge is 0.359 e. The third-order valence-electron chi connectivity index (χ3n) is 4.41. The van der Waals surface area contributed by atoms with E-state index in [1.807, 2.05) is 4.68 Å². The molecule has 1 aliphatic carbocycles. The van der Waals surface area contributed by atoms with Crippen molar-refractivity contribution in [2.75, 3.05) is 25.0 Å². The van der Waals surface area contributed by atoms with Crippen molar-refractivity contribution in [2.45, 2.75) is 52.5 Å². The molecule has 0 unspecified atom stereocenters. The summed E-state index contributed by atoms with van der Waals surface area (Å²) in [5.74, 6) is 2.16. The van der Waals surface area contributed by atoms with Gasteiger partial charge in [0.1, 0.15) is 5.82 Å². The van der Waals surface area contributed by atoms with E-state index < -0.39 is 0 Å². The fraction of sp³-hybridized carbons (Fsp3) is 0.812. The second kappa shape index (κ2) is 7.11. The Bertz CT molecular complexity index is 418. The van der Waals surface area contributed by atoms with Crippen molar-refractivity contribution in [2.24, 2.45) is 13.0 Å². The Morgan fingerprint density at radius 2 is 2.05 bits per heavy atom. The first-order valence-electron chi connectivity index (χ1n) is 8.07. The maximum Gasteiger partial charge on any atom is 0.131 e. The molecule has 2 rings (SSSR count). The Hall–Kier alpha value is -1.03. The molecular weight excluding hydrogens is 248 g/mol. The minimum absolute atomic E-state index is 0.867. The van der Waals surface area contributed by atoms with Crippen LogP contribution in [0, 0.1) is 12.8 Å². The number of aromatic nitrogens is 2. The van der Waals surface area contributed by atoms with Gasteiger partial charge in [-0.2, -0.15) is 5.10 Å². The number of hydrogen-bond acceptors (Lipinski definition) is 3. The lowest BCUT2D eigenvalue weighted by molar-refractivity contribution is 0.538. The number of nitrogens with one attached hydrogen (secondary N) is 1. The molecule has 1 N–H and O–H groups in total. The highest BCUT2D eigenvalue weighted by molar-refractivity contribution is 5.49. The van der Waals surface area contributed by atoms with Gasteiger partial charge in [-0.15, -0.1) is 0 Å². The van der Waals surface area contributed by atoms with E-state index in [4.69, 9.17) is 0 Å². The zero-order valence-corrected chi connectivity index (χ0v) is 13.6. The molecule has 0 aliphatic heterocycles. The van der Waals surface area contributed by atoms with Gasteiger partial charge in [0.05, 0.1) is 5.69 Å². The molecule has 0 radical (unpaired) electrons. The van der Waals surface area contributed by atoms with Crippen LogP contribution in [0.3, 0.4) is 0 Å². The summed E-state index contributed by atoms with van der Waals surface area (Å²) in [4.78, 5) is 2.42. The Morgan fingerprint density at radius 1 is 1.35 bits per heavy atom. The van der Waals surface area contributed by atoms with Crippen LogP contribution in [-0.4, -0.2) is 29.9 Å². The van der Waals surface area contributed by atoms with Crippen LogP contribution in [0.5, 0.6) is 0 Å². The van der Waals surface area contributed by atoms with E-state index >= 15 is 0 Å². The van der Waals surface area contributed by atoms with Crippen molar-refractivity contribution in [3.05, 3.63) is 11.3 Å². The number of hydrogen-bond donors (Lipinski definition) is 1. The summed E-state index contributed by atoms with van der Waals surface area (Å²) in [6.45, 7) is 7.49. The van der Waals surface area contributed by atoms with E-state index in [1.54, 1.807) is 0 Å². The Kier molecular flexibility index (Phi) is 5.46. The van der Waals surface area contributed by atoms with Gasteiger partial charge in [0.2, 0.25) is 0 Å². The molecule has 0 atom stereocenters. The van der Waals surface area contributed by atoms with Crippen LogP contribution in [0.25, 0.3) is 0 Å². The van der Waals surface area contributed by atoms with Gasteiger partial charge in [-0.05, 0) is 38.6 Å². The lowest BCUT2D eigenvalue weighted by atomic mass is 10.1. The van der Waals surface area contributed by atoms with Gasteiger partial charge < -0.3 is 10.2 Å². The van der Waals surface area contributed by atoms with Crippen molar-refractivity contribution in [1.29, 1.82) is 0 Å². The molecule has 0 spiro atoms. The summed E-state index contributed by atoms with van der Waals surface area (Å²) in [5, 5.41) is 8.13. The van der Waals surface area contributed by atoms with Crippen LogP contribution < -0.4 is 10.2 Å². The second-order valence-electron chi connectivity index (χ2n) is 6.22. The lowest BCUT2D eigenvalue weighted by Crippen LogP contribution is -2.27. The smallest absolute Gasteiger partial charge is 0.131 e. The molecule has 114 valence electrons. The second-order valence-corrected chi connectivity index (χ2v) is 6.22. The number of anilines is 1. The highest BCUT2D eigenvalue weighted by atomic mass is 15.4. The lowest BCUT2D eigenvalue weighted by Gasteiger charge is -2.24. The van der Waals surface area contributed by atoms with Crippen molar-refractivity contribution in [1.82, 2.24) is 15.1 Å². The van der Waals surface area contributed by atoms with Crippen molar-refractivity contribution in [3.8, 4) is 0 Å². The van der Waals surface area contributed by atoms with Crippen molar-refractivity contribution < 1.29 is 0 Å². The molecular formula is C16H30N4. The minimum atomic E-state index is 0.867. The number of aryl methyl sites for hydroxylation is 2. The van der Waals surface area contributed by atoms with Crippen LogP contribution in [-0.2, 0) is 13.6 Å².